The molecule has 1 N–H and O–H groups in total. The average molecular weight is 348 g/mol. The van der Waals surface area contributed by atoms with E-state index in [2.05, 4.69) is 25.7 Å². The Morgan fingerprint density at radius 3 is 2.52 bits per heavy atom. The molecular weight excluding hydrogens is 310 g/mol. The maximum Gasteiger partial charge on any atom is 0.222 e. The van der Waals surface area contributed by atoms with Crippen LogP contribution in [0.25, 0.3) is 0 Å². The van der Waals surface area contributed by atoms with Gasteiger partial charge in [-0.2, -0.15) is 0 Å². The van der Waals surface area contributed by atoms with Crippen LogP contribution in [0, 0.1) is 28.6 Å². The summed E-state index contributed by atoms with van der Waals surface area (Å²) in [6, 6.07) is 0.440. The Balaban J connectivity index is 1.63. The first-order chi connectivity index (χ1) is 11.8. The van der Waals surface area contributed by atoms with E-state index in [1.165, 1.54) is 32.1 Å². The van der Waals surface area contributed by atoms with Crippen LogP contribution in [0.15, 0.2) is 0 Å². The molecule has 1 amide bonds. The highest BCUT2D eigenvalue weighted by molar-refractivity contribution is 5.77. The first-order valence-corrected chi connectivity index (χ1v) is 10.7. The van der Waals surface area contributed by atoms with Crippen molar-refractivity contribution in [1.82, 2.24) is 4.90 Å². The molecule has 4 fully saturated rings. The predicted octanol–water partition coefficient (Wildman–Crippen LogP) is 4.38. The molecule has 0 aromatic heterocycles. The van der Waals surface area contributed by atoms with Gasteiger partial charge in [-0.3, -0.25) is 4.79 Å². The number of carbonyl (C=O) groups excluding carboxylic acids is 1. The lowest BCUT2D eigenvalue weighted by molar-refractivity contribution is -0.169. The smallest absolute Gasteiger partial charge is 0.222 e. The number of carbonyl (C=O) groups is 1. The Kier molecular flexibility index (Phi) is 4.07. The second-order valence-corrected chi connectivity index (χ2v) is 10.3. The fourth-order valence-electron chi connectivity index (χ4n) is 8.08. The van der Waals surface area contributed by atoms with E-state index in [1.54, 1.807) is 0 Å². The van der Waals surface area contributed by atoms with Crippen LogP contribution in [0.4, 0.5) is 0 Å². The normalized spacial score (nSPS) is 52.5. The molecule has 142 valence electrons. The molecule has 7 atom stereocenters. The highest BCUT2D eigenvalue weighted by atomic mass is 16.3. The van der Waals surface area contributed by atoms with Gasteiger partial charge in [0.05, 0.1) is 5.60 Å². The Morgan fingerprint density at radius 1 is 1.08 bits per heavy atom. The monoisotopic (exact) mass is 347 g/mol. The molecule has 0 unspecified atom stereocenters. The quantitative estimate of drug-likeness (QED) is 0.805. The first kappa shape index (κ1) is 17.8. The summed E-state index contributed by atoms with van der Waals surface area (Å²) in [6.45, 7) is 7.09. The van der Waals surface area contributed by atoms with Crippen LogP contribution in [-0.2, 0) is 4.79 Å². The summed E-state index contributed by atoms with van der Waals surface area (Å²) >= 11 is 0. The minimum Gasteiger partial charge on any atom is -0.389 e. The molecule has 25 heavy (non-hydrogen) atoms. The van der Waals surface area contributed by atoms with Crippen LogP contribution in [0.5, 0.6) is 0 Å². The summed E-state index contributed by atoms with van der Waals surface area (Å²) in [6.07, 6.45) is 10.9. The van der Waals surface area contributed by atoms with Crippen LogP contribution in [-0.4, -0.2) is 34.6 Å². The third kappa shape index (κ3) is 2.23. The van der Waals surface area contributed by atoms with Crippen molar-refractivity contribution in [3.8, 4) is 0 Å². The van der Waals surface area contributed by atoms with Gasteiger partial charge >= 0.3 is 0 Å². The summed E-state index contributed by atoms with van der Waals surface area (Å²) in [5, 5.41) is 11.5. The summed E-state index contributed by atoms with van der Waals surface area (Å²) in [5.74, 6) is 2.53. The van der Waals surface area contributed by atoms with E-state index >= 15 is 0 Å². The molecule has 3 aliphatic carbocycles. The number of likely N-dealkylation sites (tertiary alicyclic amines) is 1. The van der Waals surface area contributed by atoms with Crippen molar-refractivity contribution in [2.45, 2.75) is 96.6 Å². The summed E-state index contributed by atoms with van der Waals surface area (Å²) in [7, 11) is 2.03. The third-order valence-corrected chi connectivity index (χ3v) is 9.54. The van der Waals surface area contributed by atoms with Crippen molar-refractivity contribution in [1.29, 1.82) is 0 Å². The second kappa shape index (κ2) is 5.71. The highest BCUT2D eigenvalue weighted by Crippen LogP contribution is 2.67. The van der Waals surface area contributed by atoms with Crippen LogP contribution in [0.1, 0.15) is 85.0 Å². The molecule has 0 spiro atoms. The number of hydrogen-bond acceptors (Lipinski definition) is 2. The lowest BCUT2D eigenvalue weighted by atomic mass is 9.46. The molecule has 0 radical (unpaired) electrons. The van der Waals surface area contributed by atoms with Gasteiger partial charge < -0.3 is 10.0 Å². The van der Waals surface area contributed by atoms with Gasteiger partial charge in [0.1, 0.15) is 0 Å². The molecule has 0 bridgehead atoms. The number of fused-ring (bicyclic) bond motifs is 5. The maximum atomic E-state index is 12.2. The van der Waals surface area contributed by atoms with Gasteiger partial charge in [0.15, 0.2) is 0 Å². The van der Waals surface area contributed by atoms with Crippen molar-refractivity contribution in [3.63, 3.8) is 0 Å². The average Bonchev–Trinajstić information content (AvgIpc) is 2.83. The molecule has 4 rings (SSSR count). The number of piperidine rings is 1. The standard InChI is InChI=1S/C22H37NO2/c1-5-11-22(25)14-9-17-15-6-7-18-20(2,12-10-19(24)23(18)4)16(15)8-13-21(17,22)3/h15-18,25H,5-14H2,1-4H3/t15-,16+,17+,18-,20-,21+,22+/m1/s1. The van der Waals surface area contributed by atoms with E-state index in [0.717, 1.165) is 43.9 Å². The zero-order chi connectivity index (χ0) is 18.0. The minimum absolute atomic E-state index is 0.115. The van der Waals surface area contributed by atoms with Crippen molar-refractivity contribution < 1.29 is 9.90 Å². The number of rotatable bonds is 2. The van der Waals surface area contributed by atoms with Crippen molar-refractivity contribution in [3.05, 3.63) is 0 Å². The second-order valence-electron chi connectivity index (χ2n) is 10.3. The van der Waals surface area contributed by atoms with Crippen LogP contribution >= 0.6 is 0 Å². The van der Waals surface area contributed by atoms with E-state index in [9.17, 15) is 9.90 Å². The van der Waals surface area contributed by atoms with Gasteiger partial charge in [-0.15, -0.1) is 0 Å². The molecule has 3 nitrogen and oxygen atoms in total. The topological polar surface area (TPSA) is 40.5 Å². The fourth-order valence-corrected chi connectivity index (χ4v) is 8.08. The van der Waals surface area contributed by atoms with E-state index in [-0.39, 0.29) is 5.41 Å². The Morgan fingerprint density at radius 2 is 1.80 bits per heavy atom. The number of nitrogens with zero attached hydrogens (tertiary/aromatic N) is 1. The van der Waals surface area contributed by atoms with Gasteiger partial charge in [-0.05, 0) is 80.0 Å². The molecule has 3 heteroatoms. The molecular formula is C22H37NO2. The maximum absolute atomic E-state index is 12.2. The zero-order valence-electron chi connectivity index (χ0n) is 16.7. The van der Waals surface area contributed by atoms with Crippen LogP contribution in [0.3, 0.4) is 0 Å². The Labute approximate surface area is 153 Å². The summed E-state index contributed by atoms with van der Waals surface area (Å²) in [4.78, 5) is 14.3. The van der Waals surface area contributed by atoms with Gasteiger partial charge in [0, 0.05) is 19.5 Å². The highest BCUT2D eigenvalue weighted by Gasteiger charge is 2.64. The molecule has 3 saturated carbocycles. The van der Waals surface area contributed by atoms with E-state index in [1.807, 2.05) is 7.05 Å². The zero-order valence-corrected chi connectivity index (χ0v) is 16.7. The molecule has 1 aliphatic heterocycles. The van der Waals surface area contributed by atoms with Gasteiger partial charge in [0.25, 0.3) is 0 Å². The third-order valence-electron chi connectivity index (χ3n) is 9.54. The fraction of sp³-hybridized carbons (Fsp3) is 0.955. The number of aliphatic hydroxyl groups is 1. The molecule has 1 saturated heterocycles. The Hall–Kier alpha value is -0.570. The van der Waals surface area contributed by atoms with Crippen LogP contribution < -0.4 is 0 Å². The van der Waals surface area contributed by atoms with Gasteiger partial charge in [-0.25, -0.2) is 0 Å². The first-order valence-electron chi connectivity index (χ1n) is 10.7. The minimum atomic E-state index is -0.436. The summed E-state index contributed by atoms with van der Waals surface area (Å²) in [5.41, 5.74) is -0.0312. The van der Waals surface area contributed by atoms with E-state index < -0.39 is 5.60 Å². The van der Waals surface area contributed by atoms with Crippen molar-refractivity contribution in [2.24, 2.45) is 28.6 Å². The van der Waals surface area contributed by atoms with E-state index in [0.29, 0.717) is 23.3 Å². The van der Waals surface area contributed by atoms with Crippen molar-refractivity contribution in [2.75, 3.05) is 7.05 Å². The largest absolute Gasteiger partial charge is 0.389 e. The number of hydrogen-bond donors (Lipinski definition) is 1. The van der Waals surface area contributed by atoms with Gasteiger partial charge in [0.2, 0.25) is 5.91 Å². The van der Waals surface area contributed by atoms with E-state index in [4.69, 9.17) is 0 Å². The SMILES string of the molecule is CCC[C@]1(O)CC[C@H]2[C@@H]3CC[C@H]4N(C)C(=O)CC[C@]4(C)[C@H]3CC[C@@]21C. The van der Waals surface area contributed by atoms with Crippen molar-refractivity contribution >= 4 is 5.91 Å². The summed E-state index contributed by atoms with van der Waals surface area (Å²) < 4.78 is 0. The Bertz CT molecular complexity index is 562. The number of amides is 1. The molecule has 4 aliphatic rings. The molecule has 0 aromatic carbocycles. The molecule has 0 aromatic rings. The lowest BCUT2D eigenvalue weighted by Gasteiger charge is -2.62. The van der Waals surface area contributed by atoms with Crippen LogP contribution in [0.2, 0.25) is 0 Å². The lowest BCUT2D eigenvalue weighted by Crippen LogP contribution is -2.62. The predicted molar refractivity (Wildman–Crippen MR) is 100 cm³/mol. The molecule has 1 heterocycles. The van der Waals surface area contributed by atoms with Gasteiger partial charge in [-0.1, -0.05) is 27.2 Å².